The summed E-state index contributed by atoms with van der Waals surface area (Å²) in [6, 6.07) is 18.8. The average Bonchev–Trinajstić information content (AvgIpc) is 2.94. The number of amides is 1. The van der Waals surface area contributed by atoms with Crippen molar-refractivity contribution in [3.63, 3.8) is 0 Å². The third kappa shape index (κ3) is 3.58. The van der Waals surface area contributed by atoms with E-state index in [1.165, 1.54) is 13.8 Å². The van der Waals surface area contributed by atoms with Crippen LogP contribution in [-0.4, -0.2) is 21.5 Å². The van der Waals surface area contributed by atoms with Gasteiger partial charge in [-0.25, -0.2) is 4.68 Å². The first-order valence-corrected chi connectivity index (χ1v) is 7.85. The third-order valence-electron chi connectivity index (χ3n) is 3.57. The maximum absolute atomic E-state index is 12.3. The molecular weight excluding hydrogens is 316 g/mol. The summed E-state index contributed by atoms with van der Waals surface area (Å²) in [7, 11) is 0. The zero-order valence-electron chi connectivity index (χ0n) is 14.0. The van der Waals surface area contributed by atoms with Crippen LogP contribution in [0.4, 0.5) is 17.3 Å². The molecule has 0 unspecified atom stereocenters. The van der Waals surface area contributed by atoms with E-state index in [-0.39, 0.29) is 11.7 Å². The standard InChI is InChI=1S/C19H18N4O2/c1-13(24)17-18(21-15-9-5-3-6-10-15)22-23(19(17)20-14(2)25)16-11-7-4-8-12-16/h3-12H,1-2H3,(H,20,25)(H,21,22). The molecule has 1 aromatic heterocycles. The number of ketones is 1. The molecule has 25 heavy (non-hydrogen) atoms. The fourth-order valence-corrected chi connectivity index (χ4v) is 2.54. The number of hydrogen-bond donors (Lipinski definition) is 2. The van der Waals surface area contributed by atoms with Gasteiger partial charge in [-0.2, -0.15) is 0 Å². The number of carbonyl (C=O) groups excluding carboxylic acids is 2. The Morgan fingerprint density at radius 2 is 1.52 bits per heavy atom. The van der Waals surface area contributed by atoms with Gasteiger partial charge in [0.1, 0.15) is 11.4 Å². The highest BCUT2D eigenvalue weighted by Crippen LogP contribution is 2.30. The van der Waals surface area contributed by atoms with Gasteiger partial charge in [0.2, 0.25) is 5.91 Å². The molecule has 0 radical (unpaired) electrons. The van der Waals surface area contributed by atoms with Crippen LogP contribution < -0.4 is 10.6 Å². The van der Waals surface area contributed by atoms with Crippen LogP contribution in [0.2, 0.25) is 0 Å². The summed E-state index contributed by atoms with van der Waals surface area (Å²) in [5.74, 6) is 0.283. The highest BCUT2D eigenvalue weighted by molar-refractivity contribution is 6.07. The number of hydrogen-bond acceptors (Lipinski definition) is 4. The molecule has 0 saturated heterocycles. The summed E-state index contributed by atoms with van der Waals surface area (Å²) < 4.78 is 1.56. The van der Waals surface area contributed by atoms with Crippen molar-refractivity contribution in [1.82, 2.24) is 9.78 Å². The quantitative estimate of drug-likeness (QED) is 0.696. The average molecular weight is 334 g/mol. The molecule has 0 atom stereocenters. The summed E-state index contributed by atoms with van der Waals surface area (Å²) in [5.41, 5.74) is 1.88. The Balaban J connectivity index is 2.16. The SMILES string of the molecule is CC(=O)Nc1c(C(C)=O)c(Nc2ccccc2)nn1-c1ccccc1. The lowest BCUT2D eigenvalue weighted by molar-refractivity contribution is -0.114. The van der Waals surface area contributed by atoms with E-state index in [0.29, 0.717) is 17.2 Å². The van der Waals surface area contributed by atoms with Crippen LogP contribution in [0, 0.1) is 0 Å². The Morgan fingerprint density at radius 1 is 0.920 bits per heavy atom. The second kappa shape index (κ2) is 7.00. The number of anilines is 3. The van der Waals surface area contributed by atoms with E-state index in [1.807, 2.05) is 60.7 Å². The Bertz CT molecular complexity index is 902. The maximum Gasteiger partial charge on any atom is 0.222 e. The van der Waals surface area contributed by atoms with E-state index in [2.05, 4.69) is 15.7 Å². The molecular formula is C19H18N4O2. The van der Waals surface area contributed by atoms with Crippen molar-refractivity contribution in [3.8, 4) is 5.69 Å². The second-order valence-electron chi connectivity index (χ2n) is 5.55. The Hall–Kier alpha value is -3.41. The minimum absolute atomic E-state index is 0.190. The largest absolute Gasteiger partial charge is 0.338 e. The predicted octanol–water partition coefficient (Wildman–Crippen LogP) is 3.78. The van der Waals surface area contributed by atoms with Crippen LogP contribution in [-0.2, 0) is 4.79 Å². The smallest absolute Gasteiger partial charge is 0.222 e. The van der Waals surface area contributed by atoms with Crippen LogP contribution >= 0.6 is 0 Å². The summed E-state index contributed by atoms with van der Waals surface area (Å²) >= 11 is 0. The predicted molar refractivity (Wildman–Crippen MR) is 97.6 cm³/mol. The Kier molecular flexibility index (Phi) is 4.61. The van der Waals surface area contributed by atoms with Crippen LogP contribution in [0.15, 0.2) is 60.7 Å². The van der Waals surface area contributed by atoms with Crippen molar-refractivity contribution in [1.29, 1.82) is 0 Å². The summed E-state index contributed by atoms with van der Waals surface area (Å²) in [6.07, 6.45) is 0. The van der Waals surface area contributed by atoms with Crippen molar-refractivity contribution in [2.75, 3.05) is 10.6 Å². The first-order valence-electron chi connectivity index (χ1n) is 7.85. The minimum Gasteiger partial charge on any atom is -0.338 e. The molecule has 0 aliphatic heterocycles. The number of aromatic nitrogens is 2. The highest BCUT2D eigenvalue weighted by Gasteiger charge is 2.23. The van der Waals surface area contributed by atoms with Gasteiger partial charge in [-0.05, 0) is 31.2 Å². The minimum atomic E-state index is -0.272. The molecule has 2 N–H and O–H groups in total. The molecule has 0 saturated carbocycles. The maximum atomic E-state index is 12.3. The van der Waals surface area contributed by atoms with Crippen molar-refractivity contribution < 1.29 is 9.59 Å². The van der Waals surface area contributed by atoms with Crippen LogP contribution in [0.1, 0.15) is 24.2 Å². The Labute approximate surface area is 145 Å². The van der Waals surface area contributed by atoms with Gasteiger partial charge in [0.15, 0.2) is 11.6 Å². The molecule has 6 heteroatoms. The number of carbonyl (C=O) groups is 2. The van der Waals surface area contributed by atoms with Crippen molar-refractivity contribution in [2.24, 2.45) is 0 Å². The summed E-state index contributed by atoms with van der Waals surface area (Å²) in [6.45, 7) is 2.85. The Morgan fingerprint density at radius 3 is 2.08 bits per heavy atom. The molecule has 0 aliphatic rings. The molecule has 0 fully saturated rings. The van der Waals surface area contributed by atoms with Gasteiger partial charge in [0.25, 0.3) is 0 Å². The number of nitrogens with zero attached hydrogens (tertiary/aromatic N) is 2. The zero-order chi connectivity index (χ0) is 17.8. The van der Waals surface area contributed by atoms with Gasteiger partial charge in [0, 0.05) is 12.6 Å². The normalized spacial score (nSPS) is 10.3. The van der Waals surface area contributed by atoms with Crippen LogP contribution in [0.5, 0.6) is 0 Å². The van der Waals surface area contributed by atoms with E-state index in [4.69, 9.17) is 0 Å². The number of rotatable bonds is 5. The van der Waals surface area contributed by atoms with Crippen molar-refractivity contribution in [3.05, 3.63) is 66.2 Å². The number of para-hydroxylation sites is 2. The van der Waals surface area contributed by atoms with Gasteiger partial charge < -0.3 is 10.6 Å². The van der Waals surface area contributed by atoms with Gasteiger partial charge in [-0.1, -0.05) is 36.4 Å². The molecule has 1 amide bonds. The molecule has 0 aliphatic carbocycles. The molecule has 126 valence electrons. The second-order valence-corrected chi connectivity index (χ2v) is 5.55. The van der Waals surface area contributed by atoms with Crippen molar-refractivity contribution in [2.45, 2.75) is 13.8 Å². The molecule has 1 heterocycles. The highest BCUT2D eigenvalue weighted by atomic mass is 16.1. The number of nitrogens with one attached hydrogen (secondary N) is 2. The lowest BCUT2D eigenvalue weighted by Gasteiger charge is -2.08. The topological polar surface area (TPSA) is 76.0 Å². The molecule has 2 aromatic carbocycles. The molecule has 0 spiro atoms. The van der Waals surface area contributed by atoms with E-state index < -0.39 is 0 Å². The molecule has 6 nitrogen and oxygen atoms in total. The summed E-state index contributed by atoms with van der Waals surface area (Å²) in [4.78, 5) is 23.9. The van der Waals surface area contributed by atoms with Gasteiger partial charge in [-0.15, -0.1) is 5.10 Å². The third-order valence-corrected chi connectivity index (χ3v) is 3.57. The van der Waals surface area contributed by atoms with E-state index >= 15 is 0 Å². The van der Waals surface area contributed by atoms with Gasteiger partial charge >= 0.3 is 0 Å². The monoisotopic (exact) mass is 334 g/mol. The van der Waals surface area contributed by atoms with E-state index in [9.17, 15) is 9.59 Å². The molecule has 3 aromatic rings. The zero-order valence-corrected chi connectivity index (χ0v) is 14.0. The van der Waals surface area contributed by atoms with Gasteiger partial charge in [0.05, 0.1) is 5.69 Å². The lowest BCUT2D eigenvalue weighted by Crippen LogP contribution is -2.13. The van der Waals surface area contributed by atoms with Gasteiger partial charge in [-0.3, -0.25) is 9.59 Å². The van der Waals surface area contributed by atoms with Crippen LogP contribution in [0.25, 0.3) is 5.69 Å². The van der Waals surface area contributed by atoms with E-state index in [0.717, 1.165) is 11.4 Å². The molecule has 0 bridgehead atoms. The first-order chi connectivity index (χ1) is 12.1. The van der Waals surface area contributed by atoms with Crippen molar-refractivity contribution >= 4 is 29.0 Å². The summed E-state index contributed by atoms with van der Waals surface area (Å²) in [5, 5.41) is 10.4. The molecule has 3 rings (SSSR count). The fraction of sp³-hybridized carbons (Fsp3) is 0.105. The lowest BCUT2D eigenvalue weighted by atomic mass is 10.2. The van der Waals surface area contributed by atoms with Crippen LogP contribution in [0.3, 0.4) is 0 Å². The fourth-order valence-electron chi connectivity index (χ4n) is 2.54. The van der Waals surface area contributed by atoms with E-state index in [1.54, 1.807) is 4.68 Å². The number of benzene rings is 2. The number of Topliss-reactive ketones (excluding diaryl/α,β-unsaturated/α-hetero) is 1. The first kappa shape index (κ1) is 16.4.